The Morgan fingerprint density at radius 2 is 0.500 bits per heavy atom. The van der Waals surface area contributed by atoms with Crippen molar-refractivity contribution in [3.63, 3.8) is 0 Å². The number of benzene rings is 4. The van der Waals surface area contributed by atoms with Crippen LogP contribution in [-0.4, -0.2) is 64.2 Å². The van der Waals surface area contributed by atoms with Crippen LogP contribution in [0.15, 0.2) is 115 Å². The van der Waals surface area contributed by atoms with Crippen LogP contribution in [0.3, 0.4) is 0 Å². The van der Waals surface area contributed by atoms with Crippen LogP contribution in [0.1, 0.15) is 64.2 Å². The second kappa shape index (κ2) is 18.8. The number of carbonyl (C=O) groups is 4. The first kappa shape index (κ1) is 48.2. The zero-order chi connectivity index (χ0) is 48.6. The minimum absolute atomic E-state index is 0.0627. The number of hydrogen-bond donors (Lipinski definition) is 6. The molecule has 3 aromatic heterocycles. The summed E-state index contributed by atoms with van der Waals surface area (Å²) in [4.78, 5) is 66.3. The second-order valence-electron chi connectivity index (χ2n) is 14.9. The lowest BCUT2D eigenvalue weighted by Gasteiger charge is -2.08. The van der Waals surface area contributed by atoms with Gasteiger partial charge in [-0.15, -0.1) is 0 Å². The SMILES string of the molecule is O=C(O)c1ccc(-c2c3nc(c(-c4ccc(C(=O)O)cc4)c4[nH]c(c(Br)c4Br)c(-c4ccc(C(=O)O)cc4)c4nc(c(-c5ccc(C(=O)O)cc5)c5[nH]c2c(Br)c5Br)C(Br)=C4Br)C(Br)=C3Br)cc1. The molecule has 0 saturated carbocycles. The van der Waals surface area contributed by atoms with Crippen LogP contribution >= 0.6 is 127 Å². The van der Waals surface area contributed by atoms with E-state index in [2.05, 4.69) is 137 Å². The molecule has 2 aliphatic heterocycles. The van der Waals surface area contributed by atoms with Gasteiger partial charge in [0.2, 0.25) is 0 Å². The molecule has 0 saturated heterocycles. The summed E-state index contributed by atoms with van der Waals surface area (Å²) in [5.41, 5.74) is 8.34. The molecule has 0 aliphatic carbocycles. The molecule has 0 unspecified atom stereocenters. The summed E-state index contributed by atoms with van der Waals surface area (Å²) in [7, 11) is 0. The number of aromatic amines is 2. The number of nitrogens with one attached hydrogen (secondary N) is 2. The molecule has 6 N–H and O–H groups in total. The highest BCUT2D eigenvalue weighted by atomic mass is 79.9. The molecule has 0 fully saturated rings. The van der Waals surface area contributed by atoms with Gasteiger partial charge < -0.3 is 30.4 Å². The molecule has 0 atom stereocenters. The lowest BCUT2D eigenvalue weighted by atomic mass is 10.0. The average molecular weight is 1420 g/mol. The van der Waals surface area contributed by atoms with Crippen LogP contribution in [0.25, 0.3) is 84.5 Å². The van der Waals surface area contributed by atoms with Crippen molar-refractivity contribution in [2.75, 3.05) is 0 Å². The Morgan fingerprint density at radius 3 is 0.662 bits per heavy atom. The maximum atomic E-state index is 12.1. The maximum Gasteiger partial charge on any atom is 0.335 e. The van der Waals surface area contributed by atoms with E-state index in [4.69, 9.17) is 9.97 Å². The third-order valence-corrected chi connectivity index (χ3v) is 19.4. The lowest BCUT2D eigenvalue weighted by molar-refractivity contribution is 0.0686. The average Bonchev–Trinajstić information content (AvgIpc) is 3.98. The predicted molar refractivity (Wildman–Crippen MR) is 291 cm³/mol. The highest BCUT2D eigenvalue weighted by Gasteiger charge is 2.31. The highest BCUT2D eigenvalue weighted by Crippen LogP contribution is 2.53. The summed E-state index contributed by atoms with van der Waals surface area (Å²) in [6.45, 7) is 0. The van der Waals surface area contributed by atoms with Gasteiger partial charge in [-0.1, -0.05) is 48.5 Å². The lowest BCUT2D eigenvalue weighted by Crippen LogP contribution is -1.96. The Morgan fingerprint density at radius 1 is 0.324 bits per heavy atom. The number of carboxylic acid groups (broad SMARTS) is 4. The summed E-state index contributed by atoms with van der Waals surface area (Å²) in [6, 6.07) is 25.4. The van der Waals surface area contributed by atoms with Crippen molar-refractivity contribution < 1.29 is 39.6 Å². The zero-order valence-electron chi connectivity index (χ0n) is 33.6. The van der Waals surface area contributed by atoms with Gasteiger partial charge in [-0.3, -0.25) is 0 Å². The van der Waals surface area contributed by atoms with Gasteiger partial charge in [0.25, 0.3) is 0 Å². The van der Waals surface area contributed by atoms with Gasteiger partial charge >= 0.3 is 23.9 Å². The number of rotatable bonds is 8. The summed E-state index contributed by atoms with van der Waals surface area (Å²) in [6.07, 6.45) is 0. The molecule has 20 heteroatoms. The van der Waals surface area contributed by atoms with Crippen molar-refractivity contribution >= 4 is 191 Å². The first-order valence-corrected chi connectivity index (χ1v) is 25.7. The molecular formula is C48H22Br8N4O8. The van der Waals surface area contributed by atoms with Gasteiger partial charge in [-0.25, -0.2) is 29.1 Å². The Labute approximate surface area is 450 Å². The Balaban J connectivity index is 1.58. The summed E-state index contributed by atoms with van der Waals surface area (Å²) in [5, 5.41) is 39.5. The van der Waals surface area contributed by atoms with E-state index < -0.39 is 23.9 Å². The molecule has 8 bridgehead atoms. The molecule has 12 nitrogen and oxygen atoms in total. The minimum Gasteiger partial charge on any atom is -0.478 e. The van der Waals surface area contributed by atoms with Crippen molar-refractivity contribution in [3.8, 4) is 44.5 Å². The van der Waals surface area contributed by atoms with Crippen molar-refractivity contribution in [1.82, 2.24) is 19.9 Å². The van der Waals surface area contributed by atoms with E-state index in [9.17, 15) is 39.6 Å². The number of aromatic nitrogens is 4. The van der Waals surface area contributed by atoms with Crippen LogP contribution in [0.2, 0.25) is 0 Å². The van der Waals surface area contributed by atoms with Gasteiger partial charge in [0, 0.05) is 22.3 Å². The third kappa shape index (κ3) is 8.33. The van der Waals surface area contributed by atoms with Crippen molar-refractivity contribution in [2.45, 2.75) is 0 Å². The number of nitrogens with zero attached hydrogens (tertiary/aromatic N) is 2. The summed E-state index contributed by atoms with van der Waals surface area (Å²) >= 11 is 30.9. The molecule has 68 heavy (non-hydrogen) atoms. The standard InChI is InChI=1S/C48H22Br8N4O8/c49-29-31(51)39-26(18-3-11-22(12-4-18)46(63)64)41-33(53)35(55)43(59-41)28(20-7-15-24(16-8-20)48(67)68)44-36(56)34(54)42(60-44)27(19-5-13-23(14-6-19)47(65)66)40-32(52)30(50)38(58-40)25(37(29)57-39)17-1-9-21(10-2-17)45(61)62/h1-16,57,60H,(H,61,62)(H,63,64)(H,65,66)(H,67,68). The van der Waals surface area contributed by atoms with Gasteiger partial charge in [-0.05, 0) is 198 Å². The first-order chi connectivity index (χ1) is 32.4. The number of hydrogen-bond acceptors (Lipinski definition) is 6. The number of aromatic carboxylic acids is 4. The number of fused-ring (bicyclic) bond motifs is 8. The molecular weight excluding hydrogens is 1400 g/mol. The van der Waals surface area contributed by atoms with Gasteiger partial charge in [0.05, 0.1) is 103 Å². The Kier molecular flexibility index (Phi) is 13.4. The summed E-state index contributed by atoms with van der Waals surface area (Å²) < 4.78 is 4.24. The van der Waals surface area contributed by atoms with Crippen molar-refractivity contribution in [3.05, 3.63) is 160 Å². The smallest absolute Gasteiger partial charge is 0.335 e. The largest absolute Gasteiger partial charge is 0.478 e. The monoisotopic (exact) mass is 1410 g/mol. The molecule has 0 spiro atoms. The fraction of sp³-hybridized carbons (Fsp3) is 0. The van der Waals surface area contributed by atoms with E-state index in [1.54, 1.807) is 48.5 Å². The quantitative estimate of drug-likeness (QED) is 0.0849. The number of H-pyrrole nitrogens is 2. The molecule has 338 valence electrons. The highest BCUT2D eigenvalue weighted by molar-refractivity contribution is 9.18. The van der Waals surface area contributed by atoms with Crippen LogP contribution in [0.4, 0.5) is 0 Å². The molecule has 2 aliphatic rings. The Hall–Kier alpha value is -4.80. The minimum atomic E-state index is -1.11. The van der Waals surface area contributed by atoms with Gasteiger partial charge in [0.15, 0.2) is 0 Å². The first-order valence-electron chi connectivity index (χ1n) is 19.4. The van der Waals surface area contributed by atoms with Crippen LogP contribution in [-0.2, 0) is 0 Å². The van der Waals surface area contributed by atoms with Crippen LogP contribution in [0.5, 0.6) is 0 Å². The van der Waals surface area contributed by atoms with E-state index in [1.165, 1.54) is 48.5 Å². The predicted octanol–water partition coefficient (Wildman–Crippen LogP) is 16.1. The molecule has 9 rings (SSSR count). The maximum absolute atomic E-state index is 12.1. The Bertz CT molecular complexity index is 3170. The number of halogens is 8. The van der Waals surface area contributed by atoms with E-state index in [-0.39, 0.29) is 22.3 Å². The van der Waals surface area contributed by atoms with E-state index >= 15 is 0 Å². The molecule has 5 heterocycles. The van der Waals surface area contributed by atoms with Gasteiger partial charge in [-0.2, -0.15) is 0 Å². The fourth-order valence-electron chi connectivity index (χ4n) is 7.81. The van der Waals surface area contributed by atoms with Crippen molar-refractivity contribution in [2.24, 2.45) is 0 Å². The molecule has 0 radical (unpaired) electrons. The van der Waals surface area contributed by atoms with E-state index in [1.807, 2.05) is 0 Å². The number of carboxylic acids is 4. The fourth-order valence-corrected chi connectivity index (χ4v) is 11.7. The summed E-state index contributed by atoms with van der Waals surface area (Å²) in [5.74, 6) is -4.43. The zero-order valence-corrected chi connectivity index (χ0v) is 46.3. The topological polar surface area (TPSA) is 207 Å². The van der Waals surface area contributed by atoms with E-state index in [0.717, 1.165) is 0 Å². The second-order valence-corrected chi connectivity index (χ2v) is 21.3. The van der Waals surface area contributed by atoms with Crippen LogP contribution in [0, 0.1) is 0 Å². The van der Waals surface area contributed by atoms with Crippen molar-refractivity contribution in [1.29, 1.82) is 0 Å². The van der Waals surface area contributed by atoms with Gasteiger partial charge in [0.1, 0.15) is 0 Å². The normalized spacial score (nSPS) is 12.5. The van der Waals surface area contributed by atoms with E-state index in [0.29, 0.717) is 125 Å². The molecule has 4 aromatic carbocycles. The molecule has 0 amide bonds. The van der Waals surface area contributed by atoms with Crippen LogP contribution < -0.4 is 0 Å². The molecule has 7 aromatic rings. The third-order valence-electron chi connectivity index (χ3n) is 11.1.